The smallest absolute Gasteiger partial charge is 0.342 e. The van der Waals surface area contributed by atoms with Crippen molar-refractivity contribution < 1.29 is 36.3 Å². The number of amides is 1. The first kappa shape index (κ1) is 29.4. The van der Waals surface area contributed by atoms with Crippen molar-refractivity contribution in [3.8, 4) is 5.75 Å². The largest absolute Gasteiger partial charge is 0.507 e. The van der Waals surface area contributed by atoms with Gasteiger partial charge >= 0.3 is 5.97 Å². The number of nitrogens with zero attached hydrogens (tertiary/aromatic N) is 1. The number of carbonyl (C=O) groups excluding carboxylic acids is 2. The van der Waals surface area contributed by atoms with Crippen LogP contribution in [0.1, 0.15) is 24.2 Å². The molecule has 1 aromatic heterocycles. The van der Waals surface area contributed by atoms with E-state index in [1.807, 2.05) is 0 Å². The van der Waals surface area contributed by atoms with Crippen LogP contribution in [0.4, 0.5) is 11.4 Å². The highest BCUT2D eigenvalue weighted by Gasteiger charge is 2.23. The molecule has 1 amide bonds. The van der Waals surface area contributed by atoms with Gasteiger partial charge in [0.05, 0.1) is 15.6 Å². The number of hydrogen-bond donors (Lipinski definition) is 3. The van der Waals surface area contributed by atoms with Crippen LogP contribution in [0.25, 0.3) is 0 Å². The molecular weight excluding hydrogens is 578 g/mol. The van der Waals surface area contributed by atoms with Crippen LogP contribution in [0.2, 0.25) is 5.02 Å². The highest BCUT2D eigenvalue weighted by molar-refractivity contribution is 7.94. The van der Waals surface area contributed by atoms with Crippen LogP contribution in [0.15, 0.2) is 63.0 Å². The molecule has 2 aromatic carbocycles. The Kier molecular flexibility index (Phi) is 9.38. The third-order valence-corrected chi connectivity index (χ3v) is 10.3. The molecule has 0 spiro atoms. The molecular formula is C23H24ClN3O8S3. The normalized spacial score (nSPS) is 11.8. The molecule has 0 saturated heterocycles. The van der Waals surface area contributed by atoms with Gasteiger partial charge in [-0.15, -0.1) is 11.3 Å². The highest BCUT2D eigenvalue weighted by atomic mass is 35.5. The SMILES string of the molecule is CCN(CC)S(=O)(=O)c1ccc(Cl)c(NC(=O)COC(=O)c2cc(NS(=O)(=O)c3cccs3)ccc2O)c1. The molecule has 3 rings (SSSR count). The Morgan fingerprint density at radius 3 is 2.39 bits per heavy atom. The summed E-state index contributed by atoms with van der Waals surface area (Å²) in [7, 11) is -7.71. The molecule has 0 aliphatic carbocycles. The Hall–Kier alpha value is -3.17. The van der Waals surface area contributed by atoms with E-state index in [1.54, 1.807) is 25.3 Å². The second kappa shape index (κ2) is 12.1. The molecule has 0 radical (unpaired) electrons. The molecule has 11 nitrogen and oxygen atoms in total. The van der Waals surface area contributed by atoms with Crippen molar-refractivity contribution >= 4 is 66.2 Å². The van der Waals surface area contributed by atoms with E-state index in [9.17, 15) is 31.5 Å². The number of nitrogens with one attached hydrogen (secondary N) is 2. The number of phenols is 1. The lowest BCUT2D eigenvalue weighted by Crippen LogP contribution is -2.30. The van der Waals surface area contributed by atoms with Crippen LogP contribution in [0.3, 0.4) is 0 Å². The molecule has 204 valence electrons. The van der Waals surface area contributed by atoms with E-state index in [0.717, 1.165) is 23.5 Å². The van der Waals surface area contributed by atoms with E-state index in [1.165, 1.54) is 34.6 Å². The number of sulfonamides is 2. The quantitative estimate of drug-likeness (QED) is 0.221. The van der Waals surface area contributed by atoms with Crippen LogP contribution in [0, 0.1) is 0 Å². The number of thiophene rings is 1. The van der Waals surface area contributed by atoms with Gasteiger partial charge in [-0.1, -0.05) is 31.5 Å². The molecule has 3 aromatic rings. The molecule has 3 N–H and O–H groups in total. The summed E-state index contributed by atoms with van der Waals surface area (Å²) >= 11 is 7.11. The zero-order valence-corrected chi connectivity index (χ0v) is 23.4. The summed E-state index contributed by atoms with van der Waals surface area (Å²) in [5, 5.41) is 14.1. The zero-order valence-electron chi connectivity index (χ0n) is 20.2. The van der Waals surface area contributed by atoms with E-state index in [4.69, 9.17) is 16.3 Å². The summed E-state index contributed by atoms with van der Waals surface area (Å²) in [6.07, 6.45) is 0. The van der Waals surface area contributed by atoms with Gasteiger partial charge in [-0.05, 0) is 47.8 Å². The van der Waals surface area contributed by atoms with Crippen LogP contribution in [0.5, 0.6) is 5.75 Å². The predicted molar refractivity (Wildman–Crippen MR) is 144 cm³/mol. The molecule has 15 heteroatoms. The summed E-state index contributed by atoms with van der Waals surface area (Å²) in [6, 6.07) is 10.2. The number of benzene rings is 2. The third-order valence-electron chi connectivity index (χ3n) is 5.12. The number of phenolic OH excluding ortho intramolecular Hbond substituents is 1. The average Bonchev–Trinajstić information content (AvgIpc) is 3.42. The minimum Gasteiger partial charge on any atom is -0.507 e. The highest BCUT2D eigenvalue weighted by Crippen LogP contribution is 2.28. The van der Waals surface area contributed by atoms with Crippen molar-refractivity contribution in [3.05, 3.63) is 64.5 Å². The Balaban J connectivity index is 1.69. The van der Waals surface area contributed by atoms with Gasteiger partial charge < -0.3 is 15.2 Å². The summed E-state index contributed by atoms with van der Waals surface area (Å²) in [4.78, 5) is 24.9. The molecule has 0 bridgehead atoms. The molecule has 38 heavy (non-hydrogen) atoms. The second-order valence-corrected chi connectivity index (χ2v) is 12.8. The number of carbonyl (C=O) groups is 2. The minimum absolute atomic E-state index is 0.00576. The molecule has 0 saturated carbocycles. The first-order valence-corrected chi connectivity index (χ1v) is 15.2. The van der Waals surface area contributed by atoms with Gasteiger partial charge in [0.2, 0.25) is 10.0 Å². The summed E-state index contributed by atoms with van der Waals surface area (Å²) in [6.45, 7) is 3.10. The minimum atomic E-state index is -3.90. The van der Waals surface area contributed by atoms with Gasteiger partial charge in [0.15, 0.2) is 6.61 Å². The van der Waals surface area contributed by atoms with Crippen LogP contribution < -0.4 is 10.0 Å². The Labute approximate surface area is 229 Å². The number of anilines is 2. The zero-order chi connectivity index (χ0) is 28.1. The van der Waals surface area contributed by atoms with Gasteiger partial charge in [0, 0.05) is 18.8 Å². The van der Waals surface area contributed by atoms with Crippen LogP contribution in [-0.2, 0) is 29.6 Å². The number of halogens is 1. The molecule has 1 heterocycles. The van der Waals surface area contributed by atoms with Gasteiger partial charge in [-0.2, -0.15) is 4.31 Å². The van der Waals surface area contributed by atoms with Crippen molar-refractivity contribution in [1.82, 2.24) is 4.31 Å². The monoisotopic (exact) mass is 601 g/mol. The molecule has 0 unspecified atom stereocenters. The van der Waals surface area contributed by atoms with E-state index < -0.39 is 44.3 Å². The maximum Gasteiger partial charge on any atom is 0.342 e. The van der Waals surface area contributed by atoms with E-state index >= 15 is 0 Å². The lowest BCUT2D eigenvalue weighted by Gasteiger charge is -2.19. The summed E-state index contributed by atoms with van der Waals surface area (Å²) in [5.41, 5.74) is -0.395. The van der Waals surface area contributed by atoms with E-state index in [2.05, 4.69) is 10.0 Å². The Morgan fingerprint density at radius 1 is 1.05 bits per heavy atom. The Bertz CT molecular complexity index is 1540. The molecule has 0 aliphatic heterocycles. The number of aromatic hydroxyl groups is 1. The molecule has 0 fully saturated rings. The van der Waals surface area contributed by atoms with Crippen molar-refractivity contribution in [2.45, 2.75) is 23.0 Å². The first-order valence-electron chi connectivity index (χ1n) is 11.0. The lowest BCUT2D eigenvalue weighted by atomic mass is 10.2. The van der Waals surface area contributed by atoms with Crippen LogP contribution in [-0.4, -0.2) is 57.8 Å². The maximum absolute atomic E-state index is 12.8. The van der Waals surface area contributed by atoms with Crippen molar-refractivity contribution in [3.63, 3.8) is 0 Å². The van der Waals surface area contributed by atoms with Gasteiger partial charge in [-0.3, -0.25) is 9.52 Å². The van der Waals surface area contributed by atoms with E-state index in [-0.39, 0.29) is 44.2 Å². The Morgan fingerprint density at radius 2 is 1.76 bits per heavy atom. The van der Waals surface area contributed by atoms with Gasteiger partial charge in [0.1, 0.15) is 15.5 Å². The lowest BCUT2D eigenvalue weighted by molar-refractivity contribution is -0.119. The first-order chi connectivity index (χ1) is 17.9. The van der Waals surface area contributed by atoms with Gasteiger partial charge in [0.25, 0.3) is 15.9 Å². The fourth-order valence-electron chi connectivity index (χ4n) is 3.25. The van der Waals surface area contributed by atoms with Crippen molar-refractivity contribution in [2.24, 2.45) is 0 Å². The summed E-state index contributed by atoms with van der Waals surface area (Å²) < 4.78 is 58.9. The van der Waals surface area contributed by atoms with Crippen LogP contribution >= 0.6 is 22.9 Å². The topological polar surface area (TPSA) is 159 Å². The molecule has 0 atom stereocenters. The standard InChI is InChI=1S/C23H24ClN3O8S3/c1-3-27(4-2)38(33,34)16-8-9-18(24)19(13-16)25-21(29)14-35-23(30)17-12-15(7-10-20(17)28)26-37(31,32)22-6-5-11-36-22/h5-13,26,28H,3-4,14H2,1-2H3,(H,25,29). The van der Waals surface area contributed by atoms with E-state index in [0.29, 0.717) is 0 Å². The number of esters is 1. The third kappa shape index (κ3) is 6.82. The molecule has 0 aliphatic rings. The predicted octanol–water partition coefficient (Wildman–Crippen LogP) is 3.73. The van der Waals surface area contributed by atoms with Crippen molar-refractivity contribution in [1.29, 1.82) is 0 Å². The fraction of sp³-hybridized carbons (Fsp3) is 0.217. The van der Waals surface area contributed by atoms with Crippen molar-refractivity contribution in [2.75, 3.05) is 29.7 Å². The fourth-order valence-corrected chi connectivity index (χ4v) is 6.95. The van der Waals surface area contributed by atoms with Gasteiger partial charge in [-0.25, -0.2) is 21.6 Å². The number of ether oxygens (including phenoxy) is 1. The number of hydrogen-bond acceptors (Lipinski definition) is 9. The maximum atomic E-state index is 12.8. The summed E-state index contributed by atoms with van der Waals surface area (Å²) in [5.74, 6) is -2.42. The second-order valence-electron chi connectivity index (χ2n) is 7.62. The number of rotatable bonds is 11. The average molecular weight is 602 g/mol.